The zero-order valence-electron chi connectivity index (χ0n) is 15.8. The summed E-state index contributed by atoms with van der Waals surface area (Å²) in [6.07, 6.45) is 5.67. The van der Waals surface area contributed by atoms with Gasteiger partial charge in [0.1, 0.15) is 12.4 Å². The smallest absolute Gasteiger partial charge is 0.191 e. The standard InChI is InChI=1S/C20H30N4O.HI/c1-4-11-25-19-8-6-5-7-16(19)13-22-20(21-3)23-17-12-15(2)24(14-17)18-9-10-18;/h4-8,15,17-18H,1,9-14H2,2-3H3,(H2,21,22,23);1H. The Morgan fingerprint density at radius 3 is 2.85 bits per heavy atom. The summed E-state index contributed by atoms with van der Waals surface area (Å²) >= 11 is 0. The molecule has 5 nitrogen and oxygen atoms in total. The fourth-order valence-electron chi connectivity index (χ4n) is 3.58. The van der Waals surface area contributed by atoms with Gasteiger partial charge in [0.25, 0.3) is 0 Å². The minimum absolute atomic E-state index is 0. The van der Waals surface area contributed by atoms with Gasteiger partial charge in [0.05, 0.1) is 0 Å². The van der Waals surface area contributed by atoms with Gasteiger partial charge in [0.15, 0.2) is 5.96 Å². The van der Waals surface area contributed by atoms with Crippen molar-refractivity contribution in [2.45, 2.75) is 50.9 Å². The lowest BCUT2D eigenvalue weighted by atomic mass is 10.2. The van der Waals surface area contributed by atoms with Crippen molar-refractivity contribution in [1.82, 2.24) is 15.5 Å². The molecule has 2 atom stereocenters. The lowest BCUT2D eigenvalue weighted by molar-refractivity contribution is 0.256. The first kappa shape index (κ1) is 21.0. The summed E-state index contributed by atoms with van der Waals surface area (Å²) in [4.78, 5) is 7.03. The molecule has 6 heteroatoms. The Balaban J connectivity index is 0.00000243. The molecule has 1 aliphatic carbocycles. The molecule has 2 fully saturated rings. The van der Waals surface area contributed by atoms with Gasteiger partial charge in [-0.15, -0.1) is 24.0 Å². The number of likely N-dealkylation sites (tertiary alicyclic amines) is 1. The minimum atomic E-state index is 0. The van der Waals surface area contributed by atoms with Crippen molar-refractivity contribution in [3.63, 3.8) is 0 Å². The predicted molar refractivity (Wildman–Crippen MR) is 118 cm³/mol. The largest absolute Gasteiger partial charge is 0.489 e. The third-order valence-electron chi connectivity index (χ3n) is 4.98. The molecule has 2 unspecified atom stereocenters. The molecular formula is C20H31IN4O. The Morgan fingerprint density at radius 2 is 2.15 bits per heavy atom. The number of hydrogen-bond donors (Lipinski definition) is 2. The van der Waals surface area contributed by atoms with Gasteiger partial charge in [0.2, 0.25) is 0 Å². The number of benzene rings is 1. The average Bonchev–Trinajstić information content (AvgIpc) is 3.40. The number of aliphatic imine (C=N–C) groups is 1. The predicted octanol–water partition coefficient (Wildman–Crippen LogP) is 3.16. The van der Waals surface area contributed by atoms with Crippen LogP contribution in [0, 0.1) is 0 Å². The third-order valence-corrected chi connectivity index (χ3v) is 4.98. The summed E-state index contributed by atoms with van der Waals surface area (Å²) in [5.41, 5.74) is 1.12. The number of rotatable bonds is 7. The highest BCUT2D eigenvalue weighted by Crippen LogP contribution is 2.33. The van der Waals surface area contributed by atoms with Gasteiger partial charge in [-0.1, -0.05) is 30.9 Å². The van der Waals surface area contributed by atoms with Crippen LogP contribution in [0.15, 0.2) is 41.9 Å². The van der Waals surface area contributed by atoms with Crippen molar-refractivity contribution in [2.24, 2.45) is 4.99 Å². The molecule has 3 rings (SSSR count). The summed E-state index contributed by atoms with van der Waals surface area (Å²) in [5, 5.41) is 7.00. The SMILES string of the molecule is C=CCOc1ccccc1CNC(=NC)NC1CC(C)N(C2CC2)C1.I. The van der Waals surface area contributed by atoms with E-state index in [9.17, 15) is 0 Å². The van der Waals surface area contributed by atoms with E-state index in [0.717, 1.165) is 29.9 Å². The zero-order valence-corrected chi connectivity index (χ0v) is 18.1. The number of guanidine groups is 1. The number of hydrogen-bond acceptors (Lipinski definition) is 3. The summed E-state index contributed by atoms with van der Waals surface area (Å²) in [6.45, 7) is 8.36. The number of para-hydroxylation sites is 1. The van der Waals surface area contributed by atoms with E-state index in [2.05, 4.69) is 40.1 Å². The molecule has 0 aromatic heterocycles. The van der Waals surface area contributed by atoms with Crippen LogP contribution in [0.25, 0.3) is 0 Å². The molecule has 1 saturated carbocycles. The van der Waals surface area contributed by atoms with Crippen molar-refractivity contribution in [2.75, 3.05) is 20.2 Å². The molecule has 0 bridgehead atoms. The van der Waals surface area contributed by atoms with Gasteiger partial charge in [-0.25, -0.2) is 0 Å². The van der Waals surface area contributed by atoms with Crippen LogP contribution in [-0.4, -0.2) is 49.2 Å². The van der Waals surface area contributed by atoms with Gasteiger partial charge < -0.3 is 15.4 Å². The van der Waals surface area contributed by atoms with Crippen LogP contribution in [0.2, 0.25) is 0 Å². The van der Waals surface area contributed by atoms with Crippen LogP contribution in [0.1, 0.15) is 31.7 Å². The first-order valence-corrected chi connectivity index (χ1v) is 9.25. The lowest BCUT2D eigenvalue weighted by Gasteiger charge is -2.20. The highest BCUT2D eigenvalue weighted by Gasteiger charge is 2.38. The average molecular weight is 470 g/mol. The number of halogens is 1. The third kappa shape index (κ3) is 5.61. The van der Waals surface area contributed by atoms with Gasteiger partial charge in [-0.2, -0.15) is 0 Å². The van der Waals surface area contributed by atoms with Crippen molar-refractivity contribution in [1.29, 1.82) is 0 Å². The van der Waals surface area contributed by atoms with Gasteiger partial charge >= 0.3 is 0 Å². The lowest BCUT2D eigenvalue weighted by Crippen LogP contribution is -2.44. The second kappa shape index (κ2) is 10.2. The van der Waals surface area contributed by atoms with Crippen LogP contribution in [0.5, 0.6) is 5.75 Å². The van der Waals surface area contributed by atoms with E-state index in [4.69, 9.17) is 4.74 Å². The van der Waals surface area contributed by atoms with Crippen LogP contribution < -0.4 is 15.4 Å². The minimum Gasteiger partial charge on any atom is -0.489 e. The Labute approximate surface area is 174 Å². The summed E-state index contributed by atoms with van der Waals surface area (Å²) in [7, 11) is 1.83. The molecule has 0 spiro atoms. The second-order valence-corrected chi connectivity index (χ2v) is 6.99. The highest BCUT2D eigenvalue weighted by molar-refractivity contribution is 14.0. The maximum absolute atomic E-state index is 5.72. The van der Waals surface area contributed by atoms with Crippen LogP contribution in [0.3, 0.4) is 0 Å². The van der Waals surface area contributed by atoms with Crippen LogP contribution in [0.4, 0.5) is 0 Å². The number of ether oxygens (including phenoxy) is 1. The molecule has 0 radical (unpaired) electrons. The molecule has 1 heterocycles. The Hall–Kier alpha value is -1.28. The molecule has 0 amide bonds. The van der Waals surface area contributed by atoms with E-state index in [-0.39, 0.29) is 24.0 Å². The highest BCUT2D eigenvalue weighted by atomic mass is 127. The zero-order chi connectivity index (χ0) is 17.6. The molecule has 1 aromatic carbocycles. The molecule has 2 aliphatic rings. The molecule has 26 heavy (non-hydrogen) atoms. The first-order valence-electron chi connectivity index (χ1n) is 9.25. The van der Waals surface area contributed by atoms with E-state index in [0.29, 0.717) is 25.2 Å². The number of nitrogens with zero attached hydrogens (tertiary/aromatic N) is 2. The first-order chi connectivity index (χ1) is 12.2. The van der Waals surface area contributed by atoms with Crippen LogP contribution in [-0.2, 0) is 6.54 Å². The van der Waals surface area contributed by atoms with E-state index in [1.807, 2.05) is 25.2 Å². The number of nitrogens with one attached hydrogen (secondary N) is 2. The van der Waals surface area contributed by atoms with E-state index in [1.165, 1.54) is 19.3 Å². The summed E-state index contributed by atoms with van der Waals surface area (Å²) in [5.74, 6) is 1.74. The molecular weight excluding hydrogens is 439 g/mol. The molecule has 2 N–H and O–H groups in total. The second-order valence-electron chi connectivity index (χ2n) is 6.99. The van der Waals surface area contributed by atoms with Crippen LogP contribution >= 0.6 is 24.0 Å². The Bertz CT molecular complexity index is 618. The van der Waals surface area contributed by atoms with Crippen molar-refractivity contribution >= 4 is 29.9 Å². The summed E-state index contributed by atoms with van der Waals surface area (Å²) < 4.78 is 5.72. The molecule has 1 aliphatic heterocycles. The molecule has 1 saturated heterocycles. The molecule has 1 aromatic rings. The maximum atomic E-state index is 5.72. The quantitative estimate of drug-likeness (QED) is 0.278. The van der Waals surface area contributed by atoms with Crippen molar-refractivity contribution in [3.8, 4) is 5.75 Å². The van der Waals surface area contributed by atoms with Crippen molar-refractivity contribution < 1.29 is 4.74 Å². The van der Waals surface area contributed by atoms with E-state index < -0.39 is 0 Å². The summed E-state index contributed by atoms with van der Waals surface area (Å²) in [6, 6.07) is 10.0. The van der Waals surface area contributed by atoms with Gasteiger partial charge in [-0.3, -0.25) is 9.89 Å². The fourth-order valence-corrected chi connectivity index (χ4v) is 3.58. The monoisotopic (exact) mass is 470 g/mol. The Kier molecular flexibility index (Phi) is 8.21. The fraction of sp³-hybridized carbons (Fsp3) is 0.550. The van der Waals surface area contributed by atoms with E-state index in [1.54, 1.807) is 6.08 Å². The Morgan fingerprint density at radius 1 is 1.38 bits per heavy atom. The van der Waals surface area contributed by atoms with Crippen molar-refractivity contribution in [3.05, 3.63) is 42.5 Å². The topological polar surface area (TPSA) is 48.9 Å². The maximum Gasteiger partial charge on any atom is 0.191 e. The van der Waals surface area contributed by atoms with Gasteiger partial charge in [-0.05, 0) is 32.3 Å². The molecule has 144 valence electrons. The normalized spacial score (nSPS) is 23.2. The van der Waals surface area contributed by atoms with Gasteiger partial charge in [0, 0.05) is 43.8 Å². The van der Waals surface area contributed by atoms with E-state index >= 15 is 0 Å².